The fourth-order valence-corrected chi connectivity index (χ4v) is 6.61. The number of carbonyl (C=O) groups excluding carboxylic acids is 1. The van der Waals surface area contributed by atoms with Crippen molar-refractivity contribution in [3.63, 3.8) is 0 Å². The zero-order valence-electron chi connectivity index (χ0n) is 24.9. The Bertz CT molecular complexity index is 1320. The quantitative estimate of drug-likeness (QED) is 0.271. The van der Waals surface area contributed by atoms with Gasteiger partial charge in [0.05, 0.1) is 12.9 Å². The monoisotopic (exact) mass is 574 g/mol. The number of carbonyl (C=O) groups is 1. The van der Waals surface area contributed by atoms with Crippen LogP contribution in [0.2, 0.25) is 0 Å². The Labute approximate surface area is 248 Å². The molecule has 6 rings (SSSR count). The first kappa shape index (κ1) is 28.7. The van der Waals surface area contributed by atoms with Crippen molar-refractivity contribution < 1.29 is 9.53 Å². The molecule has 0 radical (unpaired) electrons. The molecule has 10 nitrogen and oxygen atoms in total. The van der Waals surface area contributed by atoms with Crippen molar-refractivity contribution in [3.05, 3.63) is 36.2 Å². The summed E-state index contributed by atoms with van der Waals surface area (Å²) in [6.45, 7) is 4.25. The van der Waals surface area contributed by atoms with E-state index < -0.39 is 0 Å². The van der Waals surface area contributed by atoms with E-state index in [2.05, 4.69) is 22.1 Å². The first-order valence-electron chi connectivity index (χ1n) is 16.1. The number of rotatable bonds is 10. The standard InChI is InChI=1S/C32H46N8O2/c1-2-3-20-42-27-14-8-22(9-15-27)31(41)39-18-16-25(17-19-39)35-29-28-30(40(21-34-28)26-6-4-5-7-26)38-32(37-29)36-24-12-10-23(33)11-13-24/h8-9,14-15,21,23-26H,2-7,10-13,16-20,33H2,1H3,(H2,35,36,37,38)/t23-,24-. The topological polar surface area (TPSA) is 123 Å². The van der Waals surface area contributed by atoms with Crippen molar-refractivity contribution in [3.8, 4) is 5.75 Å². The van der Waals surface area contributed by atoms with E-state index in [4.69, 9.17) is 25.4 Å². The SMILES string of the molecule is CCCCOc1ccc(C(=O)N2CCC(Nc3nc(N[C@H]4CC[C@H](N)CC4)nc4c3ncn4C3CCCC3)CC2)cc1. The number of anilines is 2. The molecule has 1 amide bonds. The van der Waals surface area contributed by atoms with E-state index in [0.717, 1.165) is 74.1 Å². The maximum atomic E-state index is 13.2. The predicted octanol–water partition coefficient (Wildman–Crippen LogP) is 5.52. The highest BCUT2D eigenvalue weighted by atomic mass is 16.5. The molecule has 3 fully saturated rings. The lowest BCUT2D eigenvalue weighted by Crippen LogP contribution is -2.42. The van der Waals surface area contributed by atoms with Crippen LogP contribution in [0.5, 0.6) is 5.75 Å². The molecule has 10 heteroatoms. The number of nitrogens with two attached hydrogens (primary N) is 1. The summed E-state index contributed by atoms with van der Waals surface area (Å²) in [5, 5.41) is 7.32. The molecular formula is C32H46N8O2. The molecular weight excluding hydrogens is 528 g/mol. The molecule has 1 aliphatic heterocycles. The number of hydrogen-bond donors (Lipinski definition) is 3. The van der Waals surface area contributed by atoms with Crippen LogP contribution in [0.4, 0.5) is 11.8 Å². The molecule has 0 bridgehead atoms. The maximum absolute atomic E-state index is 13.2. The summed E-state index contributed by atoms with van der Waals surface area (Å²) in [6, 6.07) is 8.84. The van der Waals surface area contributed by atoms with Gasteiger partial charge in [-0.2, -0.15) is 9.97 Å². The first-order chi connectivity index (χ1) is 20.6. The molecule has 3 aromatic rings. The number of unbranched alkanes of at least 4 members (excludes halogenated alkanes) is 1. The van der Waals surface area contributed by atoms with Gasteiger partial charge in [-0.05, 0) is 82.1 Å². The van der Waals surface area contributed by atoms with Gasteiger partial charge in [0, 0.05) is 42.8 Å². The number of hydrogen-bond acceptors (Lipinski definition) is 8. The minimum atomic E-state index is 0.0759. The van der Waals surface area contributed by atoms with Crippen LogP contribution in [0.1, 0.15) is 100 Å². The number of fused-ring (bicyclic) bond motifs is 1. The van der Waals surface area contributed by atoms with E-state index in [-0.39, 0.29) is 11.9 Å². The molecule has 2 saturated carbocycles. The average molecular weight is 575 g/mol. The van der Waals surface area contributed by atoms with Crippen LogP contribution in [-0.4, -0.2) is 68.1 Å². The Morgan fingerprint density at radius 1 is 0.952 bits per heavy atom. The summed E-state index contributed by atoms with van der Waals surface area (Å²) in [5.74, 6) is 2.34. The summed E-state index contributed by atoms with van der Waals surface area (Å²) in [4.78, 5) is 29.9. The molecule has 3 heterocycles. The number of amides is 1. The van der Waals surface area contributed by atoms with Gasteiger partial charge >= 0.3 is 0 Å². The summed E-state index contributed by atoms with van der Waals surface area (Å²) >= 11 is 0. The Morgan fingerprint density at radius 3 is 2.38 bits per heavy atom. The third-order valence-electron chi connectivity index (χ3n) is 9.24. The highest BCUT2D eigenvalue weighted by Gasteiger charge is 2.27. The third-order valence-corrected chi connectivity index (χ3v) is 9.24. The Kier molecular flexibility index (Phi) is 9.07. The van der Waals surface area contributed by atoms with E-state index in [1.165, 1.54) is 25.7 Å². The molecule has 42 heavy (non-hydrogen) atoms. The van der Waals surface area contributed by atoms with Gasteiger partial charge < -0.3 is 30.6 Å². The van der Waals surface area contributed by atoms with Crippen molar-refractivity contribution >= 4 is 28.8 Å². The van der Waals surface area contributed by atoms with Gasteiger partial charge in [0.2, 0.25) is 5.95 Å². The second kappa shape index (κ2) is 13.3. The van der Waals surface area contributed by atoms with Crippen molar-refractivity contribution in [2.75, 3.05) is 30.3 Å². The molecule has 0 spiro atoms. The van der Waals surface area contributed by atoms with Gasteiger partial charge in [0.15, 0.2) is 17.0 Å². The number of piperidine rings is 1. The lowest BCUT2D eigenvalue weighted by atomic mass is 9.92. The van der Waals surface area contributed by atoms with Crippen molar-refractivity contribution in [1.29, 1.82) is 0 Å². The normalized spacial score (nSPS) is 22.0. The van der Waals surface area contributed by atoms with E-state index in [0.29, 0.717) is 49.3 Å². The van der Waals surface area contributed by atoms with E-state index in [1.54, 1.807) is 0 Å². The Balaban J connectivity index is 1.12. The number of aromatic nitrogens is 4. The third kappa shape index (κ3) is 6.64. The van der Waals surface area contributed by atoms with Crippen LogP contribution in [0, 0.1) is 0 Å². The largest absolute Gasteiger partial charge is 0.494 e. The number of nitrogens with zero attached hydrogens (tertiary/aromatic N) is 5. The highest BCUT2D eigenvalue weighted by molar-refractivity contribution is 5.94. The van der Waals surface area contributed by atoms with Gasteiger partial charge in [0.25, 0.3) is 5.91 Å². The highest BCUT2D eigenvalue weighted by Crippen LogP contribution is 2.34. The fraction of sp³-hybridized carbons (Fsp3) is 0.625. The van der Waals surface area contributed by atoms with Crippen molar-refractivity contribution in [2.45, 2.75) is 108 Å². The number of ether oxygens (including phenoxy) is 1. The molecule has 1 aromatic carbocycles. The summed E-state index contributed by atoms with van der Waals surface area (Å²) < 4.78 is 8.02. The second-order valence-corrected chi connectivity index (χ2v) is 12.4. The molecule has 2 aromatic heterocycles. The predicted molar refractivity (Wildman–Crippen MR) is 166 cm³/mol. The molecule has 1 saturated heterocycles. The van der Waals surface area contributed by atoms with Crippen LogP contribution >= 0.6 is 0 Å². The van der Waals surface area contributed by atoms with Crippen LogP contribution in [-0.2, 0) is 0 Å². The smallest absolute Gasteiger partial charge is 0.253 e. The number of likely N-dealkylation sites (tertiary alicyclic amines) is 1. The molecule has 0 unspecified atom stereocenters. The van der Waals surface area contributed by atoms with Crippen LogP contribution in [0.25, 0.3) is 11.2 Å². The van der Waals surface area contributed by atoms with Crippen LogP contribution < -0.4 is 21.1 Å². The Hall–Kier alpha value is -3.40. The summed E-state index contributed by atoms with van der Waals surface area (Å²) in [5.41, 5.74) is 8.59. The minimum Gasteiger partial charge on any atom is -0.494 e. The molecule has 226 valence electrons. The zero-order chi connectivity index (χ0) is 28.9. The van der Waals surface area contributed by atoms with Gasteiger partial charge in [-0.1, -0.05) is 26.2 Å². The van der Waals surface area contributed by atoms with Gasteiger partial charge in [-0.3, -0.25) is 4.79 Å². The van der Waals surface area contributed by atoms with E-state index >= 15 is 0 Å². The van der Waals surface area contributed by atoms with Crippen LogP contribution in [0.15, 0.2) is 30.6 Å². The van der Waals surface area contributed by atoms with Crippen LogP contribution in [0.3, 0.4) is 0 Å². The fourth-order valence-electron chi connectivity index (χ4n) is 6.61. The summed E-state index contributed by atoms with van der Waals surface area (Å²) in [7, 11) is 0. The molecule has 3 aliphatic rings. The number of nitrogens with one attached hydrogen (secondary N) is 2. The first-order valence-corrected chi connectivity index (χ1v) is 16.1. The lowest BCUT2D eigenvalue weighted by Gasteiger charge is -2.33. The number of imidazole rings is 1. The van der Waals surface area contributed by atoms with Gasteiger partial charge in [-0.25, -0.2) is 4.98 Å². The zero-order valence-corrected chi connectivity index (χ0v) is 24.9. The van der Waals surface area contributed by atoms with E-state index in [9.17, 15) is 4.79 Å². The lowest BCUT2D eigenvalue weighted by molar-refractivity contribution is 0.0718. The molecule has 4 N–H and O–H groups in total. The second-order valence-electron chi connectivity index (χ2n) is 12.4. The molecule has 0 atom stereocenters. The average Bonchev–Trinajstić information content (AvgIpc) is 3.69. The van der Waals surface area contributed by atoms with Crippen molar-refractivity contribution in [1.82, 2.24) is 24.4 Å². The Morgan fingerprint density at radius 2 is 1.67 bits per heavy atom. The van der Waals surface area contributed by atoms with E-state index in [1.807, 2.05) is 35.5 Å². The van der Waals surface area contributed by atoms with Crippen molar-refractivity contribution in [2.24, 2.45) is 5.73 Å². The minimum absolute atomic E-state index is 0.0759. The van der Waals surface area contributed by atoms with Gasteiger partial charge in [-0.15, -0.1) is 0 Å². The van der Waals surface area contributed by atoms with Gasteiger partial charge in [0.1, 0.15) is 5.75 Å². The number of benzene rings is 1. The summed E-state index contributed by atoms with van der Waals surface area (Å²) in [6.07, 6.45) is 14.7. The molecule has 2 aliphatic carbocycles. The maximum Gasteiger partial charge on any atom is 0.253 e.